The number of rotatable bonds is 4. The van der Waals surface area contributed by atoms with Crippen molar-refractivity contribution in [2.24, 2.45) is 0 Å². The molecule has 0 aromatic carbocycles. The van der Waals surface area contributed by atoms with Crippen LogP contribution < -0.4 is 10.1 Å². The molecule has 2 aliphatic heterocycles. The Morgan fingerprint density at radius 1 is 1.43 bits per heavy atom. The minimum Gasteiger partial charge on any atom is -0.478 e. The van der Waals surface area contributed by atoms with E-state index in [4.69, 9.17) is 4.74 Å². The summed E-state index contributed by atoms with van der Waals surface area (Å²) in [6.45, 7) is 5.15. The molecule has 1 aromatic heterocycles. The summed E-state index contributed by atoms with van der Waals surface area (Å²) in [6, 6.07) is 3.54. The number of likely N-dealkylation sites (tertiary alicyclic amines) is 1. The Morgan fingerprint density at radius 3 is 2.96 bits per heavy atom. The molecule has 3 amide bonds. The van der Waals surface area contributed by atoms with Crippen molar-refractivity contribution in [3.63, 3.8) is 0 Å². The Morgan fingerprint density at radius 2 is 2.30 bits per heavy atom. The lowest BCUT2D eigenvalue weighted by atomic mass is 10.0. The third kappa shape index (κ3) is 3.38. The number of nitrogens with zero attached hydrogens (tertiary/aromatic N) is 3. The summed E-state index contributed by atoms with van der Waals surface area (Å²) in [7, 11) is 0. The first-order valence-corrected chi connectivity index (χ1v) is 8.11. The number of ether oxygens (including phenoxy) is 1. The number of carbonyl (C=O) groups excluding carboxylic acids is 2. The average molecular weight is 318 g/mol. The molecule has 0 spiro atoms. The van der Waals surface area contributed by atoms with E-state index in [9.17, 15) is 9.59 Å². The molecule has 1 N–H and O–H groups in total. The summed E-state index contributed by atoms with van der Waals surface area (Å²) < 4.78 is 5.30. The van der Waals surface area contributed by atoms with Crippen LogP contribution in [0.4, 0.5) is 4.79 Å². The summed E-state index contributed by atoms with van der Waals surface area (Å²) in [5.41, 5.74) is 0.556. The molecule has 0 aliphatic carbocycles. The van der Waals surface area contributed by atoms with Gasteiger partial charge in [0, 0.05) is 38.4 Å². The predicted molar refractivity (Wildman–Crippen MR) is 84.4 cm³/mol. The Balaban J connectivity index is 1.65. The van der Waals surface area contributed by atoms with Gasteiger partial charge in [0.1, 0.15) is 0 Å². The molecule has 0 saturated carbocycles. The largest absolute Gasteiger partial charge is 0.478 e. The monoisotopic (exact) mass is 318 g/mol. The fourth-order valence-electron chi connectivity index (χ4n) is 3.15. The van der Waals surface area contributed by atoms with E-state index in [1.807, 2.05) is 16.7 Å². The number of hydrogen-bond acceptors (Lipinski definition) is 4. The van der Waals surface area contributed by atoms with Crippen molar-refractivity contribution in [2.75, 3.05) is 32.8 Å². The van der Waals surface area contributed by atoms with Crippen LogP contribution in [0.3, 0.4) is 0 Å². The van der Waals surface area contributed by atoms with Gasteiger partial charge in [0.15, 0.2) is 0 Å². The smallest absolute Gasteiger partial charge is 0.317 e. The molecule has 23 heavy (non-hydrogen) atoms. The van der Waals surface area contributed by atoms with Gasteiger partial charge in [-0.3, -0.25) is 4.79 Å². The molecule has 3 rings (SSSR count). The number of hydrogen-bond donors (Lipinski definition) is 1. The fraction of sp³-hybridized carbons (Fsp3) is 0.562. The van der Waals surface area contributed by atoms with Crippen molar-refractivity contribution in [1.29, 1.82) is 0 Å². The minimum absolute atomic E-state index is 0.0213. The van der Waals surface area contributed by atoms with Gasteiger partial charge in [-0.15, -0.1) is 0 Å². The summed E-state index contributed by atoms with van der Waals surface area (Å²) in [6.07, 6.45) is 3.41. The van der Waals surface area contributed by atoms with Gasteiger partial charge in [-0.2, -0.15) is 0 Å². The van der Waals surface area contributed by atoms with Crippen molar-refractivity contribution in [3.8, 4) is 5.88 Å². The quantitative estimate of drug-likeness (QED) is 0.902. The second kappa shape index (κ2) is 6.85. The summed E-state index contributed by atoms with van der Waals surface area (Å²) in [5.74, 6) is 0.485. The number of aromatic nitrogens is 1. The van der Waals surface area contributed by atoms with Crippen LogP contribution in [0.2, 0.25) is 0 Å². The lowest BCUT2D eigenvalue weighted by molar-refractivity contribution is 0.0634. The lowest BCUT2D eigenvalue weighted by Gasteiger charge is -2.37. The second-order valence-electron chi connectivity index (χ2n) is 5.79. The van der Waals surface area contributed by atoms with Crippen LogP contribution in [0.15, 0.2) is 18.3 Å². The maximum absolute atomic E-state index is 12.6. The molecule has 124 valence electrons. The molecule has 2 aliphatic rings. The third-order valence-corrected chi connectivity index (χ3v) is 4.29. The third-order valence-electron chi connectivity index (χ3n) is 4.29. The Bertz CT molecular complexity index is 575. The van der Waals surface area contributed by atoms with Gasteiger partial charge in [0.05, 0.1) is 18.2 Å². The van der Waals surface area contributed by atoms with Crippen LogP contribution in [0, 0.1) is 0 Å². The molecule has 2 fully saturated rings. The highest BCUT2D eigenvalue weighted by Crippen LogP contribution is 2.20. The van der Waals surface area contributed by atoms with Crippen LogP contribution in [0.1, 0.15) is 30.1 Å². The maximum Gasteiger partial charge on any atom is 0.317 e. The Hall–Kier alpha value is -2.31. The van der Waals surface area contributed by atoms with Crippen LogP contribution in [-0.2, 0) is 0 Å². The van der Waals surface area contributed by atoms with Crippen molar-refractivity contribution in [1.82, 2.24) is 20.1 Å². The number of nitrogens with one attached hydrogen (secondary N) is 1. The van der Waals surface area contributed by atoms with E-state index in [0.717, 1.165) is 25.9 Å². The molecule has 0 radical (unpaired) electrons. The summed E-state index contributed by atoms with van der Waals surface area (Å²) >= 11 is 0. The highest BCUT2D eigenvalue weighted by Gasteiger charge is 2.33. The summed E-state index contributed by atoms with van der Waals surface area (Å²) in [5, 5.41) is 2.82. The van der Waals surface area contributed by atoms with E-state index in [2.05, 4.69) is 10.3 Å². The number of piperidine rings is 1. The van der Waals surface area contributed by atoms with Gasteiger partial charge in [0.2, 0.25) is 5.88 Å². The van der Waals surface area contributed by atoms with Crippen molar-refractivity contribution in [2.45, 2.75) is 25.8 Å². The zero-order chi connectivity index (χ0) is 16.2. The van der Waals surface area contributed by atoms with Crippen molar-refractivity contribution in [3.05, 3.63) is 23.9 Å². The van der Waals surface area contributed by atoms with Gasteiger partial charge in [-0.1, -0.05) is 0 Å². The van der Waals surface area contributed by atoms with Crippen molar-refractivity contribution >= 4 is 11.9 Å². The van der Waals surface area contributed by atoms with E-state index < -0.39 is 0 Å². The average Bonchev–Trinajstić information content (AvgIpc) is 3.01. The normalized spacial score (nSPS) is 21.3. The minimum atomic E-state index is -0.0372. The van der Waals surface area contributed by atoms with Gasteiger partial charge in [0.25, 0.3) is 5.91 Å². The van der Waals surface area contributed by atoms with Crippen LogP contribution >= 0.6 is 0 Å². The first-order chi connectivity index (χ1) is 11.2. The molecule has 0 bridgehead atoms. The topological polar surface area (TPSA) is 74.8 Å². The summed E-state index contributed by atoms with van der Waals surface area (Å²) in [4.78, 5) is 32.3. The fourth-order valence-corrected chi connectivity index (χ4v) is 3.15. The molecule has 3 heterocycles. The van der Waals surface area contributed by atoms with Gasteiger partial charge < -0.3 is 19.9 Å². The van der Waals surface area contributed by atoms with Gasteiger partial charge >= 0.3 is 6.03 Å². The lowest BCUT2D eigenvalue weighted by Crippen LogP contribution is -2.50. The van der Waals surface area contributed by atoms with Crippen LogP contribution in [0.25, 0.3) is 0 Å². The number of pyridine rings is 1. The number of urea groups is 1. The first-order valence-electron chi connectivity index (χ1n) is 8.11. The Kier molecular flexibility index (Phi) is 4.64. The first kappa shape index (κ1) is 15.6. The van der Waals surface area contributed by atoms with E-state index in [1.165, 1.54) is 0 Å². The molecular formula is C16H22N4O3. The molecule has 1 aromatic rings. The van der Waals surface area contributed by atoms with E-state index in [-0.39, 0.29) is 18.0 Å². The van der Waals surface area contributed by atoms with Crippen LogP contribution in [0.5, 0.6) is 5.88 Å². The predicted octanol–water partition coefficient (Wildman–Crippen LogP) is 1.11. The number of amides is 3. The standard InChI is InChI=1S/C16H22N4O3/c1-2-23-14-6-5-12(10-18-14)15(21)19-8-3-4-13(11-19)20-9-7-17-16(20)22/h5-6,10,13H,2-4,7-9,11H2,1H3,(H,17,22)/t13-/m1/s1. The van der Waals surface area contributed by atoms with Crippen LogP contribution in [-0.4, -0.2) is 65.5 Å². The van der Waals surface area contributed by atoms with E-state index >= 15 is 0 Å². The Labute approximate surface area is 135 Å². The zero-order valence-electron chi connectivity index (χ0n) is 13.3. The maximum atomic E-state index is 12.6. The number of carbonyl (C=O) groups is 2. The highest BCUT2D eigenvalue weighted by molar-refractivity contribution is 5.94. The van der Waals surface area contributed by atoms with Gasteiger partial charge in [-0.25, -0.2) is 9.78 Å². The molecule has 7 nitrogen and oxygen atoms in total. The SMILES string of the molecule is CCOc1ccc(C(=O)N2CCC[C@@H](N3CCNC3=O)C2)cn1. The second-order valence-corrected chi connectivity index (χ2v) is 5.79. The molecule has 7 heteroatoms. The van der Waals surface area contributed by atoms with Crippen molar-refractivity contribution < 1.29 is 14.3 Å². The molecule has 0 unspecified atom stereocenters. The van der Waals surface area contributed by atoms with E-state index in [0.29, 0.717) is 31.1 Å². The highest BCUT2D eigenvalue weighted by atomic mass is 16.5. The zero-order valence-corrected chi connectivity index (χ0v) is 13.3. The molecule has 2 saturated heterocycles. The van der Waals surface area contributed by atoms with Gasteiger partial charge in [-0.05, 0) is 25.8 Å². The molecule has 1 atom stereocenters. The van der Waals surface area contributed by atoms with E-state index in [1.54, 1.807) is 18.3 Å². The molecular weight excluding hydrogens is 296 g/mol.